The average Bonchev–Trinajstić information content (AvgIpc) is 3.26. The zero-order valence-electron chi connectivity index (χ0n) is 14.6. The number of ether oxygens (including phenoxy) is 2. The summed E-state index contributed by atoms with van der Waals surface area (Å²) in [4.78, 5) is 28.7. The second-order valence-electron chi connectivity index (χ2n) is 7.04. The van der Waals surface area contributed by atoms with Crippen molar-refractivity contribution >= 4 is 11.8 Å². The van der Waals surface area contributed by atoms with Crippen molar-refractivity contribution in [2.24, 2.45) is 0 Å². The molecule has 1 aromatic rings. The molecule has 1 aliphatic carbocycles. The topological polar surface area (TPSA) is 59.1 Å². The van der Waals surface area contributed by atoms with E-state index in [0.717, 1.165) is 18.4 Å². The standard InChI is InChI=1S/C19H24N2O4/c1-24-8-7-21-16-10-20(11-17(16)25-12-18(21)22)19(23)15-6-5-13-3-2-4-14(13)9-15/h5-6,9,16-17H,2-4,7-8,10-12H2,1H3/t16-,17-/m0/s1. The molecule has 2 amide bonds. The molecule has 25 heavy (non-hydrogen) atoms. The molecule has 0 bridgehead atoms. The molecule has 2 fully saturated rings. The summed E-state index contributed by atoms with van der Waals surface area (Å²) in [6.45, 7) is 2.19. The Morgan fingerprint density at radius 1 is 1.28 bits per heavy atom. The van der Waals surface area contributed by atoms with E-state index in [9.17, 15) is 9.59 Å². The fourth-order valence-corrected chi connectivity index (χ4v) is 4.20. The van der Waals surface area contributed by atoms with Crippen LogP contribution in [0.3, 0.4) is 0 Å². The van der Waals surface area contributed by atoms with Gasteiger partial charge in [0.2, 0.25) is 5.91 Å². The van der Waals surface area contributed by atoms with E-state index >= 15 is 0 Å². The summed E-state index contributed by atoms with van der Waals surface area (Å²) in [5.41, 5.74) is 3.41. The number of hydrogen-bond acceptors (Lipinski definition) is 4. The quantitative estimate of drug-likeness (QED) is 0.813. The fraction of sp³-hybridized carbons (Fsp3) is 0.579. The van der Waals surface area contributed by atoms with Gasteiger partial charge < -0.3 is 19.3 Å². The molecule has 2 atom stereocenters. The highest BCUT2D eigenvalue weighted by Crippen LogP contribution is 2.27. The largest absolute Gasteiger partial charge is 0.383 e. The number of hydrogen-bond donors (Lipinski definition) is 0. The highest BCUT2D eigenvalue weighted by Gasteiger charge is 2.44. The SMILES string of the molecule is COCCN1C(=O)CO[C@H]2CN(C(=O)c3ccc4c(c3)CCC4)C[C@@H]21. The molecule has 0 radical (unpaired) electrons. The summed E-state index contributed by atoms with van der Waals surface area (Å²) in [5, 5.41) is 0. The van der Waals surface area contributed by atoms with Crippen molar-refractivity contribution in [1.82, 2.24) is 9.80 Å². The molecule has 0 aromatic heterocycles. The van der Waals surface area contributed by atoms with Crippen molar-refractivity contribution in [2.75, 3.05) is 40.0 Å². The second-order valence-corrected chi connectivity index (χ2v) is 7.04. The highest BCUT2D eigenvalue weighted by molar-refractivity contribution is 5.95. The van der Waals surface area contributed by atoms with Crippen molar-refractivity contribution in [2.45, 2.75) is 31.4 Å². The van der Waals surface area contributed by atoms with Crippen LogP contribution < -0.4 is 0 Å². The highest BCUT2D eigenvalue weighted by atomic mass is 16.5. The van der Waals surface area contributed by atoms with Crippen LogP contribution in [0.4, 0.5) is 0 Å². The normalized spacial score (nSPS) is 25.2. The van der Waals surface area contributed by atoms with Gasteiger partial charge in [-0.15, -0.1) is 0 Å². The van der Waals surface area contributed by atoms with Crippen LogP contribution in [0.5, 0.6) is 0 Å². The number of aryl methyl sites for hydroxylation is 2. The summed E-state index contributed by atoms with van der Waals surface area (Å²) in [6.07, 6.45) is 3.24. The lowest BCUT2D eigenvalue weighted by atomic mass is 10.1. The molecular formula is C19H24N2O4. The predicted octanol–water partition coefficient (Wildman–Crippen LogP) is 0.874. The van der Waals surface area contributed by atoms with Crippen LogP contribution in [0.2, 0.25) is 0 Å². The minimum atomic E-state index is -0.104. The Balaban J connectivity index is 1.49. The molecule has 1 aromatic carbocycles. The number of likely N-dealkylation sites (tertiary alicyclic amines) is 1. The van der Waals surface area contributed by atoms with Crippen LogP contribution in [-0.2, 0) is 27.1 Å². The van der Waals surface area contributed by atoms with Gasteiger partial charge in [-0.1, -0.05) is 6.07 Å². The number of benzene rings is 1. The molecule has 6 nitrogen and oxygen atoms in total. The number of nitrogens with zero attached hydrogens (tertiary/aromatic N) is 2. The summed E-state index contributed by atoms with van der Waals surface area (Å²) < 4.78 is 10.8. The first kappa shape index (κ1) is 16.5. The number of rotatable bonds is 4. The first-order valence-corrected chi connectivity index (χ1v) is 8.98. The van der Waals surface area contributed by atoms with Crippen molar-refractivity contribution in [1.29, 1.82) is 0 Å². The monoisotopic (exact) mass is 344 g/mol. The van der Waals surface area contributed by atoms with Gasteiger partial charge in [-0.3, -0.25) is 9.59 Å². The lowest BCUT2D eigenvalue weighted by molar-refractivity contribution is -0.153. The van der Waals surface area contributed by atoms with E-state index in [1.165, 1.54) is 17.5 Å². The Labute approximate surface area is 147 Å². The second kappa shape index (κ2) is 6.77. The number of carbonyl (C=O) groups is 2. The van der Waals surface area contributed by atoms with Gasteiger partial charge in [-0.2, -0.15) is 0 Å². The van der Waals surface area contributed by atoms with Crippen molar-refractivity contribution in [3.8, 4) is 0 Å². The Bertz CT molecular complexity index is 690. The summed E-state index contributed by atoms with van der Waals surface area (Å²) in [7, 11) is 1.63. The van der Waals surface area contributed by atoms with Crippen LogP contribution in [-0.4, -0.2) is 73.7 Å². The van der Waals surface area contributed by atoms with Crippen LogP contribution in [0.1, 0.15) is 27.9 Å². The molecule has 0 spiro atoms. The average molecular weight is 344 g/mol. The van der Waals surface area contributed by atoms with E-state index in [4.69, 9.17) is 9.47 Å². The fourth-order valence-electron chi connectivity index (χ4n) is 4.20. The summed E-state index contributed by atoms with van der Waals surface area (Å²) in [6, 6.07) is 5.99. The molecule has 0 unspecified atom stereocenters. The van der Waals surface area contributed by atoms with Gasteiger partial charge in [0, 0.05) is 32.3 Å². The molecule has 2 aliphatic heterocycles. The van der Waals surface area contributed by atoms with Crippen LogP contribution in [0.25, 0.3) is 0 Å². The maximum atomic E-state index is 12.9. The number of morpholine rings is 1. The Kier molecular flexibility index (Phi) is 4.48. The van der Waals surface area contributed by atoms with E-state index < -0.39 is 0 Å². The van der Waals surface area contributed by atoms with Gasteiger partial charge in [-0.25, -0.2) is 0 Å². The molecule has 2 saturated heterocycles. The third kappa shape index (κ3) is 3.04. The van der Waals surface area contributed by atoms with Gasteiger partial charge in [0.15, 0.2) is 0 Å². The van der Waals surface area contributed by atoms with Crippen molar-refractivity contribution < 1.29 is 19.1 Å². The van der Waals surface area contributed by atoms with Crippen LogP contribution >= 0.6 is 0 Å². The zero-order valence-corrected chi connectivity index (χ0v) is 14.6. The van der Waals surface area contributed by atoms with Crippen LogP contribution in [0.15, 0.2) is 18.2 Å². The molecule has 6 heteroatoms. The van der Waals surface area contributed by atoms with Crippen molar-refractivity contribution in [3.63, 3.8) is 0 Å². The Morgan fingerprint density at radius 2 is 2.12 bits per heavy atom. The predicted molar refractivity (Wildman–Crippen MR) is 91.5 cm³/mol. The zero-order chi connectivity index (χ0) is 17.4. The summed E-state index contributed by atoms with van der Waals surface area (Å²) in [5.74, 6) is 0.0111. The molecular weight excluding hydrogens is 320 g/mol. The molecule has 3 aliphatic rings. The Hall–Kier alpha value is -1.92. The number of carbonyl (C=O) groups excluding carboxylic acids is 2. The maximum Gasteiger partial charge on any atom is 0.254 e. The first-order chi connectivity index (χ1) is 12.2. The Morgan fingerprint density at radius 3 is 2.96 bits per heavy atom. The van der Waals surface area contributed by atoms with Gasteiger partial charge >= 0.3 is 0 Å². The molecule has 134 valence electrons. The van der Waals surface area contributed by atoms with E-state index in [-0.39, 0.29) is 30.6 Å². The molecule has 4 rings (SSSR count). The minimum Gasteiger partial charge on any atom is -0.383 e. The van der Waals surface area contributed by atoms with E-state index in [1.54, 1.807) is 7.11 Å². The summed E-state index contributed by atoms with van der Waals surface area (Å²) >= 11 is 0. The minimum absolute atomic E-state index is 0.0230. The molecule has 0 saturated carbocycles. The smallest absolute Gasteiger partial charge is 0.254 e. The van der Waals surface area contributed by atoms with Crippen molar-refractivity contribution in [3.05, 3.63) is 34.9 Å². The molecule has 0 N–H and O–H groups in total. The van der Waals surface area contributed by atoms with Gasteiger partial charge in [0.1, 0.15) is 6.61 Å². The number of amides is 2. The van der Waals surface area contributed by atoms with E-state index in [2.05, 4.69) is 6.07 Å². The van der Waals surface area contributed by atoms with Gasteiger partial charge in [0.25, 0.3) is 5.91 Å². The number of fused-ring (bicyclic) bond motifs is 2. The van der Waals surface area contributed by atoms with E-state index in [1.807, 2.05) is 21.9 Å². The first-order valence-electron chi connectivity index (χ1n) is 8.98. The third-order valence-electron chi connectivity index (χ3n) is 5.55. The lowest BCUT2D eigenvalue weighted by Crippen LogP contribution is -2.54. The molecule has 2 heterocycles. The number of methoxy groups -OCH3 is 1. The lowest BCUT2D eigenvalue weighted by Gasteiger charge is -2.36. The van der Waals surface area contributed by atoms with Gasteiger partial charge in [-0.05, 0) is 42.5 Å². The maximum absolute atomic E-state index is 12.9. The van der Waals surface area contributed by atoms with Crippen LogP contribution in [0, 0.1) is 0 Å². The van der Waals surface area contributed by atoms with Gasteiger partial charge in [0.05, 0.1) is 18.8 Å². The van der Waals surface area contributed by atoms with E-state index in [0.29, 0.717) is 26.2 Å². The third-order valence-corrected chi connectivity index (χ3v) is 5.55.